The van der Waals surface area contributed by atoms with E-state index in [1.807, 2.05) is 0 Å². The number of benzene rings is 1. The van der Waals surface area contributed by atoms with Crippen LogP contribution in [0.25, 0.3) is 11.0 Å². The van der Waals surface area contributed by atoms with Crippen LogP contribution in [0.4, 0.5) is 19.1 Å². The van der Waals surface area contributed by atoms with Gasteiger partial charge in [-0.25, -0.2) is 26.6 Å². The van der Waals surface area contributed by atoms with E-state index in [2.05, 4.69) is 9.97 Å². The molecule has 1 fully saturated rings. The van der Waals surface area contributed by atoms with Gasteiger partial charge in [0.2, 0.25) is 5.95 Å². The Balaban J connectivity index is 1.78. The molecule has 4 rings (SSSR count). The number of nitrogens with two attached hydrogens (primary N) is 1. The first-order chi connectivity index (χ1) is 14.1. The molecule has 1 aliphatic heterocycles. The molecule has 2 atom stereocenters. The van der Waals surface area contributed by atoms with Crippen LogP contribution in [0.3, 0.4) is 0 Å². The van der Waals surface area contributed by atoms with Gasteiger partial charge in [-0.1, -0.05) is 0 Å². The van der Waals surface area contributed by atoms with Crippen LogP contribution in [0.15, 0.2) is 35.4 Å². The second kappa shape index (κ2) is 7.55. The third-order valence-electron chi connectivity index (χ3n) is 5.15. The highest BCUT2D eigenvalue weighted by Crippen LogP contribution is 2.29. The van der Waals surface area contributed by atoms with Crippen LogP contribution in [0.5, 0.6) is 0 Å². The van der Waals surface area contributed by atoms with Gasteiger partial charge in [0.25, 0.3) is 0 Å². The summed E-state index contributed by atoms with van der Waals surface area (Å²) in [6, 6.07) is 4.15. The first kappa shape index (κ1) is 20.6. The topological polar surface area (TPSA) is 94.1 Å². The van der Waals surface area contributed by atoms with Crippen LogP contribution in [0.1, 0.15) is 12.1 Å². The Morgan fingerprint density at radius 3 is 2.67 bits per heavy atom. The summed E-state index contributed by atoms with van der Waals surface area (Å²) in [5, 5.41) is 0. The van der Waals surface area contributed by atoms with Gasteiger partial charge in [-0.15, -0.1) is 0 Å². The van der Waals surface area contributed by atoms with Crippen molar-refractivity contribution >= 4 is 26.8 Å². The minimum Gasteiger partial charge on any atom is -0.340 e. The molecular weight excluding hydrogens is 419 g/mol. The maximum absolute atomic E-state index is 14.4. The molecule has 0 radical (unpaired) electrons. The number of aromatic nitrogens is 3. The fourth-order valence-electron chi connectivity index (χ4n) is 3.56. The molecule has 2 aromatic heterocycles. The smallest absolute Gasteiger partial charge is 0.207 e. The standard InChI is InChI=1S/C19H20F3N5O2S/c1-30(28,29)13-3-2-12(24-8-13)9-27-17-7-11(20)6-15(22)18(17)25-19(27)26-5-4-14(21)16(23)10-26/h2-3,6-8,14,16H,4-5,9-10,23H2,1H3. The summed E-state index contributed by atoms with van der Waals surface area (Å²) in [6.45, 7) is 0.585. The predicted molar refractivity (Wildman–Crippen MR) is 106 cm³/mol. The summed E-state index contributed by atoms with van der Waals surface area (Å²) in [5.41, 5.74) is 6.52. The van der Waals surface area contributed by atoms with Gasteiger partial charge in [0.1, 0.15) is 17.5 Å². The highest BCUT2D eigenvalue weighted by atomic mass is 32.2. The highest BCUT2D eigenvalue weighted by molar-refractivity contribution is 7.90. The first-order valence-electron chi connectivity index (χ1n) is 9.28. The van der Waals surface area contributed by atoms with E-state index < -0.39 is 33.7 Å². The number of nitrogens with zero attached hydrogens (tertiary/aromatic N) is 4. The molecule has 2 N–H and O–H groups in total. The Kier molecular flexibility index (Phi) is 5.18. The van der Waals surface area contributed by atoms with Crippen molar-refractivity contribution in [3.05, 3.63) is 47.8 Å². The summed E-state index contributed by atoms with van der Waals surface area (Å²) in [5.74, 6) is -1.24. The Hall–Kier alpha value is -2.66. The minimum atomic E-state index is -3.40. The molecule has 0 spiro atoms. The van der Waals surface area contributed by atoms with Gasteiger partial charge >= 0.3 is 0 Å². The van der Waals surface area contributed by atoms with Gasteiger partial charge in [-0.2, -0.15) is 0 Å². The third-order valence-corrected chi connectivity index (χ3v) is 6.25. The van der Waals surface area contributed by atoms with Crippen LogP contribution >= 0.6 is 0 Å². The molecule has 3 aromatic rings. The summed E-state index contributed by atoms with van der Waals surface area (Å²) in [6.07, 6.45) is 1.37. The number of hydrogen-bond acceptors (Lipinski definition) is 6. The molecule has 0 amide bonds. The van der Waals surface area contributed by atoms with E-state index >= 15 is 0 Å². The fraction of sp³-hybridized carbons (Fsp3) is 0.368. The number of hydrogen-bond donors (Lipinski definition) is 1. The molecular formula is C19H20F3N5O2S. The van der Waals surface area contributed by atoms with Crippen LogP contribution in [0, 0.1) is 11.6 Å². The van der Waals surface area contributed by atoms with E-state index in [4.69, 9.17) is 5.73 Å². The summed E-state index contributed by atoms with van der Waals surface area (Å²) in [7, 11) is -3.40. The SMILES string of the molecule is CS(=O)(=O)c1ccc(Cn2c(N3CCC(F)C(N)C3)nc3c(F)cc(F)cc32)nc1. The Bertz CT molecular complexity index is 1200. The van der Waals surface area contributed by atoms with Crippen LogP contribution in [0.2, 0.25) is 0 Å². The molecule has 7 nitrogen and oxygen atoms in total. The summed E-state index contributed by atoms with van der Waals surface area (Å²) >= 11 is 0. The van der Waals surface area contributed by atoms with Crippen molar-refractivity contribution in [2.24, 2.45) is 5.73 Å². The molecule has 2 unspecified atom stereocenters. The Labute approximate surface area is 171 Å². The van der Waals surface area contributed by atoms with E-state index in [1.54, 1.807) is 9.47 Å². The largest absolute Gasteiger partial charge is 0.340 e. The lowest BCUT2D eigenvalue weighted by Crippen LogP contribution is -2.50. The molecule has 0 saturated carbocycles. The van der Waals surface area contributed by atoms with Gasteiger partial charge in [0.05, 0.1) is 28.7 Å². The Morgan fingerprint density at radius 2 is 2.03 bits per heavy atom. The second-order valence-electron chi connectivity index (χ2n) is 7.43. The lowest BCUT2D eigenvalue weighted by atomic mass is 10.1. The normalized spacial score (nSPS) is 20.1. The Morgan fingerprint density at radius 1 is 1.27 bits per heavy atom. The van der Waals surface area contributed by atoms with E-state index in [9.17, 15) is 21.6 Å². The number of anilines is 1. The number of pyridine rings is 1. The fourth-order valence-corrected chi connectivity index (χ4v) is 4.11. The van der Waals surface area contributed by atoms with Gasteiger partial charge in [-0.3, -0.25) is 4.98 Å². The van der Waals surface area contributed by atoms with Gasteiger partial charge in [0, 0.05) is 37.7 Å². The summed E-state index contributed by atoms with van der Waals surface area (Å²) < 4.78 is 67.0. The number of sulfone groups is 1. The van der Waals surface area contributed by atoms with Crippen LogP contribution in [-0.4, -0.2) is 54.5 Å². The molecule has 1 aromatic carbocycles. The van der Waals surface area contributed by atoms with Gasteiger partial charge in [0.15, 0.2) is 15.7 Å². The minimum absolute atomic E-state index is 0.0184. The van der Waals surface area contributed by atoms with Crippen molar-refractivity contribution in [3.8, 4) is 0 Å². The van der Waals surface area contributed by atoms with Crippen molar-refractivity contribution in [3.63, 3.8) is 0 Å². The number of piperidine rings is 1. The lowest BCUT2D eigenvalue weighted by molar-refractivity contribution is 0.243. The van der Waals surface area contributed by atoms with Crippen LogP contribution < -0.4 is 10.6 Å². The monoisotopic (exact) mass is 439 g/mol. The van der Waals surface area contributed by atoms with Crippen molar-refractivity contribution in [2.45, 2.75) is 30.1 Å². The molecule has 30 heavy (non-hydrogen) atoms. The molecule has 1 aliphatic rings. The third kappa shape index (κ3) is 3.86. The number of imidazole rings is 1. The van der Waals surface area contributed by atoms with E-state index in [-0.39, 0.29) is 35.4 Å². The average Bonchev–Trinajstić information content (AvgIpc) is 3.02. The van der Waals surface area contributed by atoms with E-state index in [1.165, 1.54) is 24.4 Å². The molecule has 1 saturated heterocycles. The highest BCUT2D eigenvalue weighted by Gasteiger charge is 2.30. The maximum atomic E-state index is 14.4. The zero-order valence-corrected chi connectivity index (χ0v) is 16.9. The lowest BCUT2D eigenvalue weighted by Gasteiger charge is -2.34. The zero-order chi connectivity index (χ0) is 21.6. The van der Waals surface area contributed by atoms with Gasteiger partial charge in [-0.05, 0) is 18.6 Å². The van der Waals surface area contributed by atoms with E-state index in [0.717, 1.165) is 12.3 Å². The number of rotatable bonds is 4. The van der Waals surface area contributed by atoms with Crippen molar-refractivity contribution in [2.75, 3.05) is 24.2 Å². The van der Waals surface area contributed by atoms with Crippen LogP contribution in [-0.2, 0) is 16.4 Å². The first-order valence-corrected chi connectivity index (χ1v) is 11.2. The number of fused-ring (bicyclic) bond motifs is 1. The molecule has 0 bridgehead atoms. The molecule has 160 valence electrons. The number of alkyl halides is 1. The molecule has 3 heterocycles. The number of halogens is 3. The molecule has 11 heteroatoms. The van der Waals surface area contributed by atoms with Crippen molar-refractivity contribution < 1.29 is 21.6 Å². The quantitative estimate of drug-likeness (QED) is 0.669. The van der Waals surface area contributed by atoms with Crippen molar-refractivity contribution in [1.29, 1.82) is 0 Å². The average molecular weight is 439 g/mol. The van der Waals surface area contributed by atoms with Crippen molar-refractivity contribution in [1.82, 2.24) is 14.5 Å². The zero-order valence-electron chi connectivity index (χ0n) is 16.1. The summed E-state index contributed by atoms with van der Waals surface area (Å²) in [4.78, 5) is 10.3. The van der Waals surface area contributed by atoms with Gasteiger partial charge < -0.3 is 15.2 Å². The predicted octanol–water partition coefficient (Wildman–Crippen LogP) is 2.04. The second-order valence-corrected chi connectivity index (χ2v) is 9.44. The molecule has 0 aliphatic carbocycles. The van der Waals surface area contributed by atoms with E-state index in [0.29, 0.717) is 18.2 Å². The maximum Gasteiger partial charge on any atom is 0.207 e.